The number of carbonyl (C=O) groups excluding carboxylic acids is 2. The molecule has 26 heavy (non-hydrogen) atoms. The number of esters is 1. The Labute approximate surface area is 154 Å². The summed E-state index contributed by atoms with van der Waals surface area (Å²) in [5, 5.41) is 2.70. The summed E-state index contributed by atoms with van der Waals surface area (Å²) < 4.78 is 10.6. The summed E-state index contributed by atoms with van der Waals surface area (Å²) in [5.74, 6) is 0.0348. The Morgan fingerprint density at radius 3 is 2.46 bits per heavy atom. The van der Waals surface area contributed by atoms with Crippen LogP contribution >= 0.6 is 0 Å². The van der Waals surface area contributed by atoms with Crippen LogP contribution in [0.2, 0.25) is 0 Å². The van der Waals surface area contributed by atoms with E-state index >= 15 is 0 Å². The van der Waals surface area contributed by atoms with Gasteiger partial charge in [-0.2, -0.15) is 0 Å². The van der Waals surface area contributed by atoms with E-state index in [2.05, 4.69) is 19.2 Å². The van der Waals surface area contributed by atoms with Gasteiger partial charge in [0.15, 0.2) is 13.2 Å². The maximum atomic E-state index is 11.8. The molecule has 5 nitrogen and oxygen atoms in total. The van der Waals surface area contributed by atoms with Crippen LogP contribution < -0.4 is 10.1 Å². The van der Waals surface area contributed by atoms with Gasteiger partial charge >= 0.3 is 5.97 Å². The fraction of sp³-hybridized carbons (Fsp3) is 0.333. The minimum absolute atomic E-state index is 0.227. The number of ether oxygens (including phenoxy) is 2. The molecule has 0 fully saturated rings. The van der Waals surface area contributed by atoms with Crippen molar-refractivity contribution in [2.75, 3.05) is 13.2 Å². The molecule has 1 N–H and O–H groups in total. The molecule has 0 saturated carbocycles. The zero-order valence-corrected chi connectivity index (χ0v) is 15.5. The van der Waals surface area contributed by atoms with Gasteiger partial charge in [0.1, 0.15) is 5.75 Å². The van der Waals surface area contributed by atoms with Crippen LogP contribution in [-0.4, -0.2) is 25.1 Å². The summed E-state index contributed by atoms with van der Waals surface area (Å²) in [6, 6.07) is 15.4. The molecular weight excluding hydrogens is 330 g/mol. The molecule has 0 heterocycles. The fourth-order valence-corrected chi connectivity index (χ4v) is 2.42. The Kier molecular flexibility index (Phi) is 7.21. The summed E-state index contributed by atoms with van der Waals surface area (Å²) in [5.41, 5.74) is 3.07. The summed E-state index contributed by atoms with van der Waals surface area (Å²) in [6.07, 6.45) is 0. The van der Waals surface area contributed by atoms with E-state index in [1.165, 1.54) is 0 Å². The molecule has 0 aromatic heterocycles. The Morgan fingerprint density at radius 1 is 1.04 bits per heavy atom. The van der Waals surface area contributed by atoms with Crippen molar-refractivity contribution in [2.45, 2.75) is 33.2 Å². The molecule has 2 aromatic carbocycles. The van der Waals surface area contributed by atoms with Gasteiger partial charge in [-0.3, -0.25) is 4.79 Å². The second-order valence-corrected chi connectivity index (χ2v) is 6.41. The van der Waals surface area contributed by atoms with Crippen molar-refractivity contribution < 1.29 is 19.1 Å². The predicted octanol–water partition coefficient (Wildman–Crippen LogP) is 3.36. The first-order chi connectivity index (χ1) is 12.5. The first-order valence-electron chi connectivity index (χ1n) is 8.65. The molecule has 0 aliphatic rings. The van der Waals surface area contributed by atoms with E-state index in [1.54, 1.807) is 0 Å². The minimum Gasteiger partial charge on any atom is -0.482 e. The van der Waals surface area contributed by atoms with Crippen molar-refractivity contribution in [3.8, 4) is 5.75 Å². The lowest BCUT2D eigenvalue weighted by atomic mass is 10.0. The van der Waals surface area contributed by atoms with Gasteiger partial charge in [-0.15, -0.1) is 0 Å². The van der Waals surface area contributed by atoms with Crippen LogP contribution in [0.1, 0.15) is 36.5 Å². The Morgan fingerprint density at radius 2 is 1.77 bits per heavy atom. The molecule has 0 bridgehead atoms. The lowest BCUT2D eigenvalue weighted by Gasteiger charge is -2.14. The zero-order chi connectivity index (χ0) is 18.9. The van der Waals surface area contributed by atoms with Crippen molar-refractivity contribution in [3.05, 3.63) is 65.2 Å². The fourth-order valence-electron chi connectivity index (χ4n) is 2.42. The third-order valence-corrected chi connectivity index (χ3v) is 3.83. The molecule has 0 unspecified atom stereocenters. The monoisotopic (exact) mass is 355 g/mol. The number of rotatable bonds is 8. The summed E-state index contributed by atoms with van der Waals surface area (Å²) in [7, 11) is 0. The van der Waals surface area contributed by atoms with Crippen LogP contribution in [-0.2, 0) is 20.9 Å². The van der Waals surface area contributed by atoms with Gasteiger partial charge < -0.3 is 14.8 Å². The van der Waals surface area contributed by atoms with E-state index in [0.29, 0.717) is 12.3 Å². The van der Waals surface area contributed by atoms with Crippen LogP contribution in [0.25, 0.3) is 0 Å². The predicted molar refractivity (Wildman–Crippen MR) is 100 cm³/mol. The standard InChI is InChI=1S/C21H25NO4/c1-15(2)18-10-9-16(3)11-19(18)25-14-21(24)26-13-20(23)22-12-17-7-5-4-6-8-17/h4-11,15H,12-14H2,1-3H3,(H,22,23). The normalized spacial score (nSPS) is 10.5. The summed E-state index contributed by atoms with van der Waals surface area (Å²) in [6.45, 7) is 5.94. The van der Waals surface area contributed by atoms with Crippen LogP contribution in [0.5, 0.6) is 5.75 Å². The van der Waals surface area contributed by atoms with Gasteiger partial charge in [0.2, 0.25) is 0 Å². The number of benzene rings is 2. The number of carbonyl (C=O) groups is 2. The number of amides is 1. The van der Waals surface area contributed by atoms with Gasteiger partial charge in [0, 0.05) is 6.54 Å². The molecular formula is C21H25NO4. The first-order valence-corrected chi connectivity index (χ1v) is 8.65. The molecule has 0 aliphatic carbocycles. The SMILES string of the molecule is Cc1ccc(C(C)C)c(OCC(=O)OCC(=O)NCc2ccccc2)c1. The Bertz CT molecular complexity index is 741. The van der Waals surface area contributed by atoms with Crippen molar-refractivity contribution in [1.82, 2.24) is 5.32 Å². The highest BCUT2D eigenvalue weighted by Crippen LogP contribution is 2.27. The molecule has 0 saturated heterocycles. The largest absolute Gasteiger partial charge is 0.482 e. The van der Waals surface area contributed by atoms with Crippen molar-refractivity contribution in [1.29, 1.82) is 0 Å². The summed E-state index contributed by atoms with van der Waals surface area (Å²) >= 11 is 0. The van der Waals surface area contributed by atoms with Gasteiger partial charge in [-0.1, -0.05) is 56.3 Å². The topological polar surface area (TPSA) is 64.6 Å². The Balaban J connectivity index is 1.75. The number of aryl methyl sites for hydroxylation is 1. The molecule has 2 aromatic rings. The third-order valence-electron chi connectivity index (χ3n) is 3.83. The van der Waals surface area contributed by atoms with Crippen molar-refractivity contribution in [2.24, 2.45) is 0 Å². The number of hydrogen-bond donors (Lipinski definition) is 1. The molecule has 0 radical (unpaired) electrons. The molecule has 0 aliphatic heterocycles. The van der Waals surface area contributed by atoms with Crippen LogP contribution in [0.3, 0.4) is 0 Å². The zero-order valence-electron chi connectivity index (χ0n) is 15.5. The van der Waals surface area contributed by atoms with Crippen LogP contribution in [0, 0.1) is 6.92 Å². The maximum Gasteiger partial charge on any atom is 0.344 e. The summed E-state index contributed by atoms with van der Waals surface area (Å²) in [4.78, 5) is 23.6. The molecule has 5 heteroatoms. The molecule has 1 amide bonds. The van der Waals surface area contributed by atoms with E-state index < -0.39 is 5.97 Å². The van der Waals surface area contributed by atoms with Gasteiger partial charge in [-0.25, -0.2) is 4.79 Å². The lowest BCUT2D eigenvalue weighted by Crippen LogP contribution is -2.29. The molecule has 138 valence electrons. The number of nitrogens with one attached hydrogen (secondary N) is 1. The van der Waals surface area contributed by atoms with Crippen LogP contribution in [0.15, 0.2) is 48.5 Å². The first kappa shape index (κ1) is 19.5. The highest BCUT2D eigenvalue weighted by molar-refractivity contribution is 5.80. The van der Waals surface area contributed by atoms with Gasteiger partial charge in [0.25, 0.3) is 5.91 Å². The van der Waals surface area contributed by atoms with E-state index in [0.717, 1.165) is 16.7 Å². The average Bonchev–Trinajstić information content (AvgIpc) is 2.63. The van der Waals surface area contributed by atoms with E-state index in [9.17, 15) is 9.59 Å². The third kappa shape index (κ3) is 6.24. The van der Waals surface area contributed by atoms with E-state index in [4.69, 9.17) is 9.47 Å². The molecule has 0 atom stereocenters. The minimum atomic E-state index is -0.573. The molecule has 2 rings (SSSR count). The van der Waals surface area contributed by atoms with Crippen molar-refractivity contribution in [3.63, 3.8) is 0 Å². The van der Waals surface area contributed by atoms with Crippen molar-refractivity contribution >= 4 is 11.9 Å². The Hall–Kier alpha value is -2.82. The second kappa shape index (κ2) is 9.61. The average molecular weight is 355 g/mol. The smallest absolute Gasteiger partial charge is 0.344 e. The van der Waals surface area contributed by atoms with Crippen LogP contribution in [0.4, 0.5) is 0 Å². The molecule has 0 spiro atoms. The number of hydrogen-bond acceptors (Lipinski definition) is 4. The highest BCUT2D eigenvalue weighted by atomic mass is 16.6. The van der Waals surface area contributed by atoms with E-state index in [1.807, 2.05) is 55.5 Å². The maximum absolute atomic E-state index is 11.8. The quantitative estimate of drug-likeness (QED) is 0.738. The highest BCUT2D eigenvalue weighted by Gasteiger charge is 2.12. The van der Waals surface area contributed by atoms with Gasteiger partial charge in [-0.05, 0) is 35.6 Å². The van der Waals surface area contributed by atoms with Gasteiger partial charge in [0.05, 0.1) is 0 Å². The lowest BCUT2D eigenvalue weighted by molar-refractivity contribution is -0.150. The van der Waals surface area contributed by atoms with E-state index in [-0.39, 0.29) is 25.0 Å². The second-order valence-electron chi connectivity index (χ2n) is 6.41.